The Bertz CT molecular complexity index is 970. The highest BCUT2D eigenvalue weighted by Gasteiger charge is 2.53. The van der Waals surface area contributed by atoms with Gasteiger partial charge in [-0.15, -0.1) is 0 Å². The van der Waals surface area contributed by atoms with Crippen molar-refractivity contribution < 1.29 is 19.2 Å². The van der Waals surface area contributed by atoms with Crippen molar-refractivity contribution in [2.24, 2.45) is 5.92 Å². The normalized spacial score (nSPS) is 22.5. The summed E-state index contributed by atoms with van der Waals surface area (Å²) in [7, 11) is 3.86. The number of carbonyl (C=O) groups is 4. The molecule has 3 aliphatic rings. The van der Waals surface area contributed by atoms with E-state index in [1.54, 1.807) is 21.9 Å². The maximum absolute atomic E-state index is 13.7. The molecule has 1 N–H and O–H groups in total. The fourth-order valence-electron chi connectivity index (χ4n) is 5.46. The third-order valence-corrected chi connectivity index (χ3v) is 7.28. The lowest BCUT2D eigenvalue weighted by Crippen LogP contribution is -2.53. The van der Waals surface area contributed by atoms with E-state index in [1.807, 2.05) is 49.9 Å². The second kappa shape index (κ2) is 10.3. The number of Topliss-reactive ketones (excluding diaryl/α,β-unsaturated/α-hetero) is 1. The van der Waals surface area contributed by atoms with E-state index in [0.717, 1.165) is 31.6 Å². The molecule has 3 atom stereocenters. The summed E-state index contributed by atoms with van der Waals surface area (Å²) < 4.78 is 0. The van der Waals surface area contributed by atoms with Gasteiger partial charge < -0.3 is 24.9 Å². The Balaban J connectivity index is 1.47. The van der Waals surface area contributed by atoms with Crippen molar-refractivity contribution in [1.29, 1.82) is 0 Å². The minimum atomic E-state index is -0.731. The molecular weight excluding hydrogens is 446 g/mol. The molecule has 190 valence electrons. The molecule has 1 aromatic carbocycles. The third kappa shape index (κ3) is 5.13. The van der Waals surface area contributed by atoms with Gasteiger partial charge in [0.05, 0.1) is 12.6 Å². The fraction of sp³-hybridized carbons (Fsp3) is 0.615. The number of rotatable bonds is 6. The van der Waals surface area contributed by atoms with Crippen molar-refractivity contribution in [2.45, 2.75) is 57.7 Å². The number of nitrogens with one attached hydrogen (secondary N) is 1. The van der Waals surface area contributed by atoms with E-state index in [9.17, 15) is 19.2 Å². The third-order valence-electron chi connectivity index (χ3n) is 7.28. The van der Waals surface area contributed by atoms with Crippen LogP contribution in [0.25, 0.3) is 0 Å². The number of urea groups is 1. The molecular formula is C26H37N5O4. The maximum atomic E-state index is 13.7. The molecule has 0 saturated carbocycles. The molecule has 4 amide bonds. The van der Waals surface area contributed by atoms with E-state index < -0.39 is 12.1 Å². The second-order valence-electron chi connectivity index (χ2n) is 10.5. The van der Waals surface area contributed by atoms with E-state index in [2.05, 4.69) is 5.32 Å². The molecule has 0 spiro atoms. The van der Waals surface area contributed by atoms with E-state index in [0.29, 0.717) is 24.9 Å². The minimum Gasteiger partial charge on any atom is -0.378 e. The Morgan fingerprint density at radius 2 is 1.69 bits per heavy atom. The number of benzene rings is 1. The molecule has 1 aromatic rings. The average Bonchev–Trinajstić information content (AvgIpc) is 3.56. The van der Waals surface area contributed by atoms with Crippen molar-refractivity contribution in [3.05, 3.63) is 29.8 Å². The van der Waals surface area contributed by atoms with Crippen LogP contribution in [-0.2, 0) is 9.59 Å². The summed E-state index contributed by atoms with van der Waals surface area (Å²) in [5, 5.41) is 2.92. The number of hydrogen-bond acceptors (Lipinski definition) is 5. The molecule has 35 heavy (non-hydrogen) atoms. The van der Waals surface area contributed by atoms with Crippen LogP contribution in [0.3, 0.4) is 0 Å². The highest BCUT2D eigenvalue weighted by atomic mass is 16.2. The van der Waals surface area contributed by atoms with Crippen LogP contribution in [0.5, 0.6) is 0 Å². The van der Waals surface area contributed by atoms with Gasteiger partial charge in [-0.2, -0.15) is 0 Å². The van der Waals surface area contributed by atoms with E-state index in [-0.39, 0.29) is 42.1 Å². The van der Waals surface area contributed by atoms with Crippen LogP contribution in [0.2, 0.25) is 0 Å². The van der Waals surface area contributed by atoms with Crippen LogP contribution in [0.4, 0.5) is 10.5 Å². The number of carbonyl (C=O) groups excluding carboxylic acids is 4. The molecule has 4 rings (SSSR count). The zero-order valence-electron chi connectivity index (χ0n) is 21.2. The number of fused-ring (bicyclic) bond motifs is 1. The molecule has 3 saturated heterocycles. The summed E-state index contributed by atoms with van der Waals surface area (Å²) in [6.45, 7) is 5.91. The molecule has 0 radical (unpaired) electrons. The van der Waals surface area contributed by atoms with Gasteiger partial charge >= 0.3 is 6.03 Å². The van der Waals surface area contributed by atoms with Crippen LogP contribution in [0.1, 0.15) is 49.9 Å². The molecule has 9 nitrogen and oxygen atoms in total. The Morgan fingerprint density at radius 1 is 1.03 bits per heavy atom. The lowest BCUT2D eigenvalue weighted by Gasteiger charge is -2.30. The summed E-state index contributed by atoms with van der Waals surface area (Å²) >= 11 is 0. The fourth-order valence-corrected chi connectivity index (χ4v) is 5.46. The first kappa shape index (κ1) is 25.0. The zero-order valence-corrected chi connectivity index (χ0v) is 21.2. The monoisotopic (exact) mass is 483 g/mol. The molecule has 9 heteroatoms. The number of hydrogen-bond donors (Lipinski definition) is 1. The number of nitrogens with zero attached hydrogens (tertiary/aromatic N) is 4. The van der Waals surface area contributed by atoms with Crippen molar-refractivity contribution >= 4 is 29.3 Å². The van der Waals surface area contributed by atoms with E-state index in [1.165, 1.54) is 0 Å². The number of ketones is 1. The summed E-state index contributed by atoms with van der Waals surface area (Å²) in [6, 6.07) is 5.49. The van der Waals surface area contributed by atoms with Crippen molar-refractivity contribution in [2.75, 3.05) is 45.2 Å². The summed E-state index contributed by atoms with van der Waals surface area (Å²) in [5.74, 6) is -0.476. The number of amides is 4. The molecule has 3 aliphatic heterocycles. The van der Waals surface area contributed by atoms with Gasteiger partial charge in [0.2, 0.25) is 5.91 Å². The highest BCUT2D eigenvalue weighted by molar-refractivity contribution is 6.00. The first-order valence-corrected chi connectivity index (χ1v) is 12.6. The van der Waals surface area contributed by atoms with Crippen molar-refractivity contribution in [3.8, 4) is 0 Å². The van der Waals surface area contributed by atoms with Crippen LogP contribution >= 0.6 is 0 Å². The number of likely N-dealkylation sites (tertiary alicyclic amines) is 3. The predicted octanol–water partition coefficient (Wildman–Crippen LogP) is 1.97. The quantitative estimate of drug-likeness (QED) is 0.668. The van der Waals surface area contributed by atoms with Crippen molar-refractivity contribution in [3.63, 3.8) is 0 Å². The topological polar surface area (TPSA) is 93.3 Å². The zero-order chi connectivity index (χ0) is 25.3. The first-order chi connectivity index (χ1) is 16.7. The predicted molar refractivity (Wildman–Crippen MR) is 133 cm³/mol. The lowest BCUT2D eigenvalue weighted by molar-refractivity contribution is -0.138. The van der Waals surface area contributed by atoms with Crippen LogP contribution in [0.15, 0.2) is 24.3 Å². The lowest BCUT2D eigenvalue weighted by atomic mass is 10.0. The minimum absolute atomic E-state index is 0.0495. The van der Waals surface area contributed by atoms with Gasteiger partial charge in [-0.3, -0.25) is 14.4 Å². The second-order valence-corrected chi connectivity index (χ2v) is 10.5. The van der Waals surface area contributed by atoms with Gasteiger partial charge in [0.1, 0.15) is 12.1 Å². The Kier molecular flexibility index (Phi) is 7.33. The van der Waals surface area contributed by atoms with Gasteiger partial charge in [-0.1, -0.05) is 13.8 Å². The highest BCUT2D eigenvalue weighted by Crippen LogP contribution is 2.32. The maximum Gasteiger partial charge on any atom is 0.320 e. The molecule has 3 heterocycles. The molecule has 0 aromatic heterocycles. The van der Waals surface area contributed by atoms with Crippen LogP contribution < -0.4 is 10.2 Å². The summed E-state index contributed by atoms with van der Waals surface area (Å²) in [4.78, 5) is 59.6. The van der Waals surface area contributed by atoms with Crippen LogP contribution in [-0.4, -0.2) is 96.7 Å². The molecule has 3 unspecified atom stereocenters. The average molecular weight is 484 g/mol. The molecule has 3 fully saturated rings. The SMILES string of the molecule is CC(C)CC(NC(=O)c1ccc(N(C)C)cc1)C(=O)N1CCC2C1C(=O)CN2C(=O)N1CCCC1. The van der Waals surface area contributed by atoms with Crippen molar-refractivity contribution in [1.82, 2.24) is 20.0 Å². The van der Waals surface area contributed by atoms with Crippen LogP contribution in [0, 0.1) is 5.92 Å². The largest absolute Gasteiger partial charge is 0.378 e. The smallest absolute Gasteiger partial charge is 0.320 e. The van der Waals surface area contributed by atoms with Gasteiger partial charge in [0.25, 0.3) is 5.91 Å². The van der Waals surface area contributed by atoms with Gasteiger partial charge in [-0.25, -0.2) is 4.79 Å². The van der Waals surface area contributed by atoms with Gasteiger partial charge in [0, 0.05) is 45.0 Å². The van der Waals surface area contributed by atoms with Gasteiger partial charge in [-0.05, 0) is 55.9 Å². The number of anilines is 1. The Morgan fingerprint density at radius 3 is 2.29 bits per heavy atom. The van der Waals surface area contributed by atoms with Gasteiger partial charge in [0.15, 0.2) is 5.78 Å². The summed E-state index contributed by atoms with van der Waals surface area (Å²) in [5.41, 5.74) is 1.46. The summed E-state index contributed by atoms with van der Waals surface area (Å²) in [6.07, 6.45) is 3.02. The first-order valence-electron chi connectivity index (χ1n) is 12.6. The molecule has 0 aliphatic carbocycles. The molecule has 0 bridgehead atoms. The van der Waals surface area contributed by atoms with E-state index >= 15 is 0 Å². The van der Waals surface area contributed by atoms with E-state index in [4.69, 9.17) is 0 Å². The Labute approximate surface area is 207 Å². The standard InChI is InChI=1S/C26H37N5O4/c1-17(2)15-20(27-24(33)18-7-9-19(10-8-18)28(3)4)25(34)30-14-11-21-23(30)22(32)16-31(21)26(35)29-12-5-6-13-29/h7-10,17,20-21,23H,5-6,11-16H2,1-4H3,(H,27,33). The Hall–Kier alpha value is -3.10.